The topological polar surface area (TPSA) is 129 Å². The van der Waals surface area contributed by atoms with E-state index in [0.717, 1.165) is 80.8 Å². The van der Waals surface area contributed by atoms with Crippen molar-refractivity contribution in [1.29, 1.82) is 0 Å². The van der Waals surface area contributed by atoms with E-state index in [1.54, 1.807) is 4.90 Å². The Labute approximate surface area is 244 Å². The molecule has 1 atom stereocenters. The molecule has 0 spiro atoms. The summed E-state index contributed by atoms with van der Waals surface area (Å²) in [6.07, 6.45) is 6.65. The molecule has 2 heterocycles. The third kappa shape index (κ3) is 10.1. The fraction of sp³-hybridized carbons (Fsp3) is 0.594. The number of nitrogens with one attached hydrogen (secondary N) is 4. The number of nitrogens with zero attached hydrogens (tertiary/aromatic N) is 1. The van der Waals surface area contributed by atoms with Crippen molar-refractivity contribution in [1.82, 2.24) is 26.2 Å². The largest absolute Gasteiger partial charge is 0.370 e. The first kappa shape index (κ1) is 30.9. The Morgan fingerprint density at radius 3 is 2.20 bits per heavy atom. The maximum absolute atomic E-state index is 13.3. The number of hydrogen-bond acceptors (Lipinski definition) is 6. The monoisotopic (exact) mass is 564 g/mol. The number of nitrogens with two attached hydrogens (primary N) is 1. The Hall–Kier alpha value is -3.01. The molecule has 2 fully saturated rings. The highest BCUT2D eigenvalue weighted by molar-refractivity contribution is 5.94. The van der Waals surface area contributed by atoms with Gasteiger partial charge in [-0.2, -0.15) is 0 Å². The molecule has 3 amide bonds. The van der Waals surface area contributed by atoms with Crippen molar-refractivity contribution in [2.45, 2.75) is 57.4 Å². The number of benzene rings is 2. The van der Waals surface area contributed by atoms with E-state index in [-0.39, 0.29) is 24.7 Å². The van der Waals surface area contributed by atoms with Crippen LogP contribution < -0.4 is 27.0 Å². The summed E-state index contributed by atoms with van der Waals surface area (Å²) in [5, 5.41) is 15.5. The number of likely N-dealkylation sites (tertiary alicyclic amines) is 1. The third-order valence-corrected chi connectivity index (χ3v) is 8.48. The van der Waals surface area contributed by atoms with Crippen molar-refractivity contribution in [3.05, 3.63) is 48.0 Å². The number of fused-ring (bicyclic) bond motifs is 1. The molecule has 9 heteroatoms. The lowest BCUT2D eigenvalue weighted by molar-refractivity contribution is -0.139. The average Bonchev–Trinajstić information content (AvgIpc) is 2.98. The minimum Gasteiger partial charge on any atom is -0.370 e. The quantitative estimate of drug-likeness (QED) is 0.210. The Morgan fingerprint density at radius 2 is 1.51 bits per heavy atom. The molecule has 224 valence electrons. The molecular weight excluding hydrogens is 516 g/mol. The van der Waals surface area contributed by atoms with Crippen LogP contribution in [0.5, 0.6) is 0 Å². The molecule has 2 aliphatic rings. The first-order chi connectivity index (χ1) is 20.0. The van der Waals surface area contributed by atoms with Gasteiger partial charge < -0.3 is 31.9 Å². The molecule has 4 rings (SSSR count). The first-order valence-corrected chi connectivity index (χ1v) is 15.4. The number of rotatable bonds is 15. The summed E-state index contributed by atoms with van der Waals surface area (Å²) in [5.74, 6) is 0.228. The molecule has 0 bridgehead atoms. The van der Waals surface area contributed by atoms with Gasteiger partial charge in [-0.05, 0) is 106 Å². The molecule has 9 nitrogen and oxygen atoms in total. The van der Waals surface area contributed by atoms with Crippen LogP contribution in [0.1, 0.15) is 50.5 Å². The van der Waals surface area contributed by atoms with E-state index in [9.17, 15) is 14.4 Å². The molecule has 41 heavy (non-hydrogen) atoms. The van der Waals surface area contributed by atoms with E-state index in [1.165, 1.54) is 19.3 Å². The lowest BCUT2D eigenvalue weighted by Gasteiger charge is -2.34. The maximum atomic E-state index is 13.3. The summed E-state index contributed by atoms with van der Waals surface area (Å²) in [6, 6.07) is 12.8. The molecule has 2 aromatic carbocycles. The number of carbonyl (C=O) groups is 3. The molecule has 2 aliphatic heterocycles. The molecule has 6 N–H and O–H groups in total. The van der Waals surface area contributed by atoms with Gasteiger partial charge in [0.1, 0.15) is 6.04 Å². The van der Waals surface area contributed by atoms with Crippen LogP contribution in [0.25, 0.3) is 10.8 Å². The second-order valence-electron chi connectivity index (χ2n) is 11.7. The van der Waals surface area contributed by atoms with Crippen LogP contribution in [-0.2, 0) is 20.8 Å². The van der Waals surface area contributed by atoms with Crippen LogP contribution >= 0.6 is 0 Å². The Balaban J connectivity index is 1.14. The predicted molar refractivity (Wildman–Crippen MR) is 163 cm³/mol. The van der Waals surface area contributed by atoms with Crippen LogP contribution in [-0.4, -0.2) is 81.0 Å². The normalized spacial score (nSPS) is 17.4. The number of hydrogen-bond donors (Lipinski definition) is 5. The maximum Gasteiger partial charge on any atom is 0.245 e. The van der Waals surface area contributed by atoms with Crippen LogP contribution in [0.3, 0.4) is 0 Å². The van der Waals surface area contributed by atoms with Gasteiger partial charge in [-0.15, -0.1) is 0 Å². The molecule has 0 aliphatic carbocycles. The number of primary amides is 1. The van der Waals surface area contributed by atoms with Crippen molar-refractivity contribution >= 4 is 28.5 Å². The van der Waals surface area contributed by atoms with Crippen LogP contribution in [0.2, 0.25) is 0 Å². The number of unbranched alkanes of at least 4 members (excludes halogenated alkanes) is 1. The Kier molecular flexibility index (Phi) is 12.4. The summed E-state index contributed by atoms with van der Waals surface area (Å²) in [7, 11) is 0. The zero-order chi connectivity index (χ0) is 28.9. The smallest absolute Gasteiger partial charge is 0.245 e. The van der Waals surface area contributed by atoms with Gasteiger partial charge in [0, 0.05) is 13.1 Å². The first-order valence-electron chi connectivity index (χ1n) is 15.4. The van der Waals surface area contributed by atoms with Crippen LogP contribution in [0.4, 0.5) is 0 Å². The van der Waals surface area contributed by atoms with E-state index < -0.39 is 11.9 Å². The summed E-state index contributed by atoms with van der Waals surface area (Å²) < 4.78 is 0. The fourth-order valence-electron chi connectivity index (χ4n) is 6.04. The minimum absolute atomic E-state index is 0.131. The van der Waals surface area contributed by atoms with Crippen molar-refractivity contribution in [3.63, 3.8) is 0 Å². The highest BCUT2D eigenvalue weighted by Crippen LogP contribution is 2.20. The SMILES string of the molecule is NC(=O)C[C@@H](NC(=O)Cc1cccc2ccccc12)C(=O)N1CCC(CNCCCCNCC2CCNCC2)CC1. The van der Waals surface area contributed by atoms with Crippen molar-refractivity contribution in [2.24, 2.45) is 17.6 Å². The van der Waals surface area contributed by atoms with E-state index >= 15 is 0 Å². The van der Waals surface area contributed by atoms with Gasteiger partial charge in [0.05, 0.1) is 12.8 Å². The zero-order valence-electron chi connectivity index (χ0n) is 24.3. The summed E-state index contributed by atoms with van der Waals surface area (Å²) in [6.45, 7) is 7.74. The fourth-order valence-corrected chi connectivity index (χ4v) is 6.04. The summed E-state index contributed by atoms with van der Waals surface area (Å²) in [5.41, 5.74) is 6.33. The highest BCUT2D eigenvalue weighted by atomic mass is 16.2. The zero-order valence-corrected chi connectivity index (χ0v) is 24.3. The van der Waals surface area contributed by atoms with Gasteiger partial charge in [-0.1, -0.05) is 42.5 Å². The molecule has 0 radical (unpaired) electrons. The Morgan fingerprint density at radius 1 is 0.878 bits per heavy atom. The van der Waals surface area contributed by atoms with E-state index in [2.05, 4.69) is 21.3 Å². The van der Waals surface area contributed by atoms with Crippen molar-refractivity contribution in [3.8, 4) is 0 Å². The molecule has 0 unspecified atom stereocenters. The average molecular weight is 565 g/mol. The lowest BCUT2D eigenvalue weighted by atomic mass is 9.96. The molecule has 2 saturated heterocycles. The molecule has 0 saturated carbocycles. The molecule has 0 aromatic heterocycles. The van der Waals surface area contributed by atoms with Gasteiger partial charge in [-0.25, -0.2) is 0 Å². The molecule has 2 aromatic rings. The highest BCUT2D eigenvalue weighted by Gasteiger charge is 2.30. The Bertz CT molecular complexity index is 1120. The minimum atomic E-state index is -0.937. The standard InChI is InChI=1S/C32H48N6O3/c33-30(39)21-29(37-31(40)20-27-8-5-7-26-6-1-2-9-28(26)27)32(41)38-18-12-25(13-19-38)23-36-15-4-3-14-35-22-24-10-16-34-17-11-24/h1-2,5-9,24-25,29,34-36H,3-4,10-23H2,(H2,33,39)(H,37,40)/t29-/m1/s1. The van der Waals surface area contributed by atoms with Gasteiger partial charge in [0.2, 0.25) is 17.7 Å². The molecular formula is C32H48N6O3. The van der Waals surface area contributed by atoms with E-state index in [4.69, 9.17) is 5.73 Å². The van der Waals surface area contributed by atoms with Gasteiger partial charge >= 0.3 is 0 Å². The van der Waals surface area contributed by atoms with Crippen molar-refractivity contribution < 1.29 is 14.4 Å². The predicted octanol–water partition coefficient (Wildman–Crippen LogP) is 1.94. The second kappa shape index (κ2) is 16.4. The lowest BCUT2D eigenvalue weighted by Crippen LogP contribution is -2.52. The third-order valence-electron chi connectivity index (χ3n) is 8.48. The van der Waals surface area contributed by atoms with Crippen LogP contribution in [0, 0.1) is 11.8 Å². The number of piperidine rings is 2. The summed E-state index contributed by atoms with van der Waals surface area (Å²) >= 11 is 0. The van der Waals surface area contributed by atoms with Crippen LogP contribution in [0.15, 0.2) is 42.5 Å². The summed E-state index contributed by atoms with van der Waals surface area (Å²) in [4.78, 5) is 39.8. The van der Waals surface area contributed by atoms with Gasteiger partial charge in [0.15, 0.2) is 0 Å². The van der Waals surface area contributed by atoms with E-state index in [1.807, 2.05) is 42.5 Å². The second-order valence-corrected chi connectivity index (χ2v) is 11.7. The van der Waals surface area contributed by atoms with Gasteiger partial charge in [-0.3, -0.25) is 14.4 Å². The van der Waals surface area contributed by atoms with E-state index in [0.29, 0.717) is 19.0 Å². The number of carbonyl (C=O) groups excluding carboxylic acids is 3. The number of amides is 3. The van der Waals surface area contributed by atoms with Crippen molar-refractivity contribution in [2.75, 3.05) is 52.4 Å². The van der Waals surface area contributed by atoms with Gasteiger partial charge in [0.25, 0.3) is 0 Å².